The Morgan fingerprint density at radius 3 is 1.52 bits per heavy atom. The smallest absolute Gasteiger partial charge is 0.251 e. The zero-order valence-electron chi connectivity index (χ0n) is 19.7. The Morgan fingerprint density at radius 2 is 1.12 bits per heavy atom. The highest BCUT2D eigenvalue weighted by Gasteiger charge is 2.17. The van der Waals surface area contributed by atoms with Crippen molar-refractivity contribution >= 4 is 17.7 Å². The third-order valence-electron chi connectivity index (χ3n) is 5.59. The van der Waals surface area contributed by atoms with Crippen molar-refractivity contribution in [2.75, 3.05) is 72.5 Å². The van der Waals surface area contributed by atoms with Gasteiger partial charge in [-0.2, -0.15) is 0 Å². The average molecular weight is 462 g/mol. The van der Waals surface area contributed by atoms with E-state index in [0.717, 1.165) is 39.1 Å². The Labute approximate surface area is 196 Å². The van der Waals surface area contributed by atoms with Crippen molar-refractivity contribution < 1.29 is 14.4 Å². The van der Waals surface area contributed by atoms with Crippen LogP contribution < -0.4 is 27.4 Å². The lowest BCUT2D eigenvalue weighted by atomic mass is 10.0. The van der Waals surface area contributed by atoms with Crippen LogP contribution >= 0.6 is 0 Å². The summed E-state index contributed by atoms with van der Waals surface area (Å²) in [6.45, 7) is 7.42. The van der Waals surface area contributed by atoms with E-state index in [1.54, 1.807) is 0 Å². The van der Waals surface area contributed by atoms with E-state index in [2.05, 4.69) is 32.8 Å². The van der Waals surface area contributed by atoms with Gasteiger partial charge in [-0.3, -0.25) is 14.4 Å². The predicted molar refractivity (Wildman–Crippen MR) is 129 cm³/mol. The lowest BCUT2D eigenvalue weighted by molar-refractivity contribution is 0.0949. The Hall–Kier alpha value is -2.53. The summed E-state index contributed by atoms with van der Waals surface area (Å²) < 4.78 is 0. The van der Waals surface area contributed by atoms with E-state index in [0.29, 0.717) is 45.6 Å². The molecule has 1 aromatic rings. The molecule has 10 heteroatoms. The van der Waals surface area contributed by atoms with Crippen molar-refractivity contribution in [3.05, 3.63) is 34.9 Å². The molecule has 184 valence electrons. The fourth-order valence-electron chi connectivity index (χ4n) is 3.51. The minimum atomic E-state index is -0.343. The molecule has 0 aliphatic carbocycles. The van der Waals surface area contributed by atoms with Gasteiger partial charge in [-0.1, -0.05) is 0 Å². The van der Waals surface area contributed by atoms with E-state index in [-0.39, 0.29) is 34.4 Å². The molecular formula is C23H39N7O3. The average Bonchev–Trinajstić information content (AvgIpc) is 2.82. The number of likely N-dealkylation sites (N-methyl/N-ethyl adjacent to an activating group) is 1. The number of carbonyl (C=O) groups excluding carboxylic acids is 3. The van der Waals surface area contributed by atoms with Gasteiger partial charge in [0.1, 0.15) is 0 Å². The second-order valence-corrected chi connectivity index (χ2v) is 8.35. The summed E-state index contributed by atoms with van der Waals surface area (Å²) >= 11 is 0. The predicted octanol–water partition coefficient (Wildman–Crippen LogP) is -0.789. The Balaban J connectivity index is 2.00. The number of nitrogens with two attached hydrogens (primary N) is 2. The molecule has 1 aliphatic heterocycles. The van der Waals surface area contributed by atoms with Crippen molar-refractivity contribution in [1.29, 1.82) is 0 Å². The SMILES string of the molecule is CN1CCN(CCCNC(=O)c2cc(C(=O)NCCCN)cc(C(=O)NCCCN)c2)CC1. The summed E-state index contributed by atoms with van der Waals surface area (Å²) in [6, 6.07) is 4.54. The normalized spacial score (nSPS) is 14.6. The first-order chi connectivity index (χ1) is 15.9. The van der Waals surface area contributed by atoms with Crippen LogP contribution in [-0.4, -0.2) is 100 Å². The Bertz CT molecular complexity index is 739. The van der Waals surface area contributed by atoms with Gasteiger partial charge >= 0.3 is 0 Å². The van der Waals surface area contributed by atoms with E-state index in [4.69, 9.17) is 11.5 Å². The second-order valence-electron chi connectivity index (χ2n) is 8.35. The number of nitrogens with one attached hydrogen (secondary N) is 3. The molecule has 0 bridgehead atoms. The van der Waals surface area contributed by atoms with Gasteiger partial charge in [0.25, 0.3) is 17.7 Å². The molecular weight excluding hydrogens is 422 g/mol. The van der Waals surface area contributed by atoms with Crippen molar-refractivity contribution in [3.63, 3.8) is 0 Å². The van der Waals surface area contributed by atoms with Crippen LogP contribution in [0.15, 0.2) is 18.2 Å². The van der Waals surface area contributed by atoms with Crippen LogP contribution in [0.25, 0.3) is 0 Å². The lowest BCUT2D eigenvalue weighted by Gasteiger charge is -2.32. The van der Waals surface area contributed by atoms with Crippen LogP contribution in [0.3, 0.4) is 0 Å². The zero-order chi connectivity index (χ0) is 24.1. The first kappa shape index (κ1) is 26.7. The third kappa shape index (κ3) is 9.47. The molecule has 0 saturated carbocycles. The number of piperazine rings is 1. The molecule has 10 nitrogen and oxygen atoms in total. The van der Waals surface area contributed by atoms with Crippen LogP contribution in [0, 0.1) is 0 Å². The molecule has 1 saturated heterocycles. The number of hydrogen-bond donors (Lipinski definition) is 5. The summed E-state index contributed by atoms with van der Waals surface area (Å²) in [6.07, 6.45) is 2.12. The van der Waals surface area contributed by atoms with Gasteiger partial charge in [0.2, 0.25) is 0 Å². The highest BCUT2D eigenvalue weighted by molar-refractivity contribution is 6.04. The number of amides is 3. The molecule has 1 heterocycles. The molecule has 33 heavy (non-hydrogen) atoms. The quantitative estimate of drug-likeness (QED) is 0.242. The first-order valence-electron chi connectivity index (χ1n) is 11.7. The summed E-state index contributed by atoms with van der Waals surface area (Å²) in [4.78, 5) is 42.6. The van der Waals surface area contributed by atoms with E-state index in [1.165, 1.54) is 18.2 Å². The van der Waals surface area contributed by atoms with Gasteiger partial charge in [0, 0.05) is 62.5 Å². The van der Waals surface area contributed by atoms with Gasteiger partial charge < -0.3 is 37.2 Å². The van der Waals surface area contributed by atoms with Gasteiger partial charge in [0.05, 0.1) is 0 Å². The van der Waals surface area contributed by atoms with Crippen LogP contribution in [-0.2, 0) is 0 Å². The maximum Gasteiger partial charge on any atom is 0.251 e. The highest BCUT2D eigenvalue weighted by atomic mass is 16.2. The number of nitrogens with zero attached hydrogens (tertiary/aromatic N) is 2. The number of benzene rings is 1. The van der Waals surface area contributed by atoms with Crippen molar-refractivity contribution in [1.82, 2.24) is 25.8 Å². The molecule has 7 N–H and O–H groups in total. The molecule has 0 aromatic heterocycles. The standard InChI is InChI=1S/C23H39N7O3/c1-29-11-13-30(14-12-29)10-4-9-28-23(33)20-16-18(21(31)26-7-2-5-24)15-19(17-20)22(32)27-8-3-6-25/h15-17H,2-14,24-25H2,1H3,(H,26,31)(H,27,32)(H,28,33). The molecule has 3 amide bonds. The van der Waals surface area contributed by atoms with E-state index in [1.807, 2.05) is 0 Å². The Kier molecular flexibility index (Phi) is 11.8. The van der Waals surface area contributed by atoms with Crippen LogP contribution in [0.5, 0.6) is 0 Å². The summed E-state index contributed by atoms with van der Waals surface area (Å²) in [7, 11) is 2.12. The fourth-order valence-corrected chi connectivity index (χ4v) is 3.51. The number of carbonyl (C=O) groups is 3. The third-order valence-corrected chi connectivity index (χ3v) is 5.59. The monoisotopic (exact) mass is 461 g/mol. The molecule has 0 unspecified atom stereocenters. The largest absolute Gasteiger partial charge is 0.352 e. The van der Waals surface area contributed by atoms with Crippen LogP contribution in [0.2, 0.25) is 0 Å². The highest BCUT2D eigenvalue weighted by Crippen LogP contribution is 2.12. The van der Waals surface area contributed by atoms with Crippen molar-refractivity contribution in [2.45, 2.75) is 19.3 Å². The molecule has 1 aliphatic rings. The summed E-state index contributed by atoms with van der Waals surface area (Å²) in [5.41, 5.74) is 11.8. The molecule has 2 rings (SSSR count). The number of hydrogen-bond acceptors (Lipinski definition) is 7. The van der Waals surface area contributed by atoms with Crippen molar-refractivity contribution in [3.8, 4) is 0 Å². The minimum absolute atomic E-state index is 0.265. The van der Waals surface area contributed by atoms with Crippen LogP contribution in [0.4, 0.5) is 0 Å². The minimum Gasteiger partial charge on any atom is -0.352 e. The van der Waals surface area contributed by atoms with E-state index >= 15 is 0 Å². The molecule has 1 aromatic carbocycles. The topological polar surface area (TPSA) is 146 Å². The summed E-state index contributed by atoms with van der Waals surface area (Å²) in [5, 5.41) is 8.45. The maximum absolute atomic E-state index is 12.8. The van der Waals surface area contributed by atoms with Gasteiger partial charge in [-0.15, -0.1) is 0 Å². The molecule has 1 fully saturated rings. The molecule has 0 spiro atoms. The Morgan fingerprint density at radius 1 is 0.727 bits per heavy atom. The zero-order valence-corrected chi connectivity index (χ0v) is 19.7. The van der Waals surface area contributed by atoms with Gasteiger partial charge in [-0.05, 0) is 64.1 Å². The van der Waals surface area contributed by atoms with E-state index in [9.17, 15) is 14.4 Å². The van der Waals surface area contributed by atoms with Gasteiger partial charge in [0.15, 0.2) is 0 Å². The first-order valence-corrected chi connectivity index (χ1v) is 11.7. The van der Waals surface area contributed by atoms with E-state index < -0.39 is 0 Å². The maximum atomic E-state index is 12.8. The molecule has 0 radical (unpaired) electrons. The molecule has 0 atom stereocenters. The lowest BCUT2D eigenvalue weighted by Crippen LogP contribution is -2.45. The fraction of sp³-hybridized carbons (Fsp3) is 0.609. The number of rotatable bonds is 13. The van der Waals surface area contributed by atoms with Gasteiger partial charge in [-0.25, -0.2) is 0 Å². The van der Waals surface area contributed by atoms with Crippen LogP contribution in [0.1, 0.15) is 50.3 Å². The van der Waals surface area contributed by atoms with Crippen molar-refractivity contribution in [2.24, 2.45) is 11.5 Å². The summed E-state index contributed by atoms with van der Waals surface area (Å²) in [5.74, 6) is -0.991. The second kappa shape index (κ2) is 14.6.